The number of hydrogen-bond acceptors (Lipinski definition) is 2. The number of aromatic nitrogens is 2. The predicted octanol–water partition coefficient (Wildman–Crippen LogP) is 3.65. The molecule has 1 aromatic heterocycles. The molecule has 1 saturated heterocycles. The van der Waals surface area contributed by atoms with Crippen molar-refractivity contribution >= 4 is 22.6 Å². The van der Waals surface area contributed by atoms with E-state index in [1.54, 1.807) is 0 Å². The maximum Gasteiger partial charge on any atom is 0.111 e. The first-order chi connectivity index (χ1) is 9.65. The second-order valence-corrected chi connectivity index (χ2v) is 6.23. The van der Waals surface area contributed by atoms with Crippen molar-refractivity contribution in [1.29, 1.82) is 0 Å². The molecule has 0 amide bonds. The van der Waals surface area contributed by atoms with Gasteiger partial charge >= 0.3 is 0 Å². The van der Waals surface area contributed by atoms with Gasteiger partial charge in [0.25, 0.3) is 0 Å². The van der Waals surface area contributed by atoms with Crippen LogP contribution in [0.3, 0.4) is 0 Å². The second-order valence-electron chi connectivity index (χ2n) is 5.85. The SMILES string of the molecule is Cc1cccc2c1nc(CCCl)n2C1(C)CCOCC1. The van der Waals surface area contributed by atoms with Gasteiger partial charge in [0.2, 0.25) is 0 Å². The van der Waals surface area contributed by atoms with Crippen LogP contribution in [0, 0.1) is 6.92 Å². The van der Waals surface area contributed by atoms with E-state index >= 15 is 0 Å². The maximum absolute atomic E-state index is 5.98. The van der Waals surface area contributed by atoms with Gasteiger partial charge < -0.3 is 9.30 Å². The summed E-state index contributed by atoms with van der Waals surface area (Å²) in [5.41, 5.74) is 3.66. The molecule has 0 radical (unpaired) electrons. The van der Waals surface area contributed by atoms with Crippen LogP contribution < -0.4 is 0 Å². The first kappa shape index (κ1) is 13.9. The van der Waals surface area contributed by atoms with E-state index in [0.717, 1.165) is 43.8 Å². The number of imidazole rings is 1. The summed E-state index contributed by atoms with van der Waals surface area (Å²) < 4.78 is 7.96. The van der Waals surface area contributed by atoms with Gasteiger partial charge in [-0.25, -0.2) is 4.98 Å². The van der Waals surface area contributed by atoms with Crippen molar-refractivity contribution in [2.75, 3.05) is 19.1 Å². The van der Waals surface area contributed by atoms with Crippen molar-refractivity contribution in [2.24, 2.45) is 0 Å². The van der Waals surface area contributed by atoms with E-state index in [2.05, 4.69) is 36.6 Å². The second kappa shape index (κ2) is 5.38. The lowest BCUT2D eigenvalue weighted by Crippen LogP contribution is -2.37. The van der Waals surface area contributed by atoms with E-state index in [-0.39, 0.29) is 5.54 Å². The lowest BCUT2D eigenvalue weighted by molar-refractivity contribution is 0.0301. The lowest BCUT2D eigenvalue weighted by Gasteiger charge is -2.36. The Bertz CT molecular complexity index is 614. The molecular formula is C16H21ClN2O. The fraction of sp³-hybridized carbons (Fsp3) is 0.562. The van der Waals surface area contributed by atoms with Gasteiger partial charge in [-0.15, -0.1) is 11.6 Å². The Labute approximate surface area is 124 Å². The van der Waals surface area contributed by atoms with Crippen LogP contribution in [0.4, 0.5) is 0 Å². The highest BCUT2D eigenvalue weighted by Gasteiger charge is 2.32. The van der Waals surface area contributed by atoms with E-state index in [1.807, 2.05) is 0 Å². The highest BCUT2D eigenvalue weighted by molar-refractivity contribution is 6.17. The fourth-order valence-corrected chi connectivity index (χ4v) is 3.35. The molecule has 1 aliphatic heterocycles. The van der Waals surface area contributed by atoms with Crippen LogP contribution in [0.2, 0.25) is 0 Å². The standard InChI is InChI=1S/C16H21ClN2O/c1-12-4-3-5-13-15(12)18-14(6-9-17)19(13)16(2)7-10-20-11-8-16/h3-5H,6-11H2,1-2H3. The molecule has 3 nitrogen and oxygen atoms in total. The fourth-order valence-electron chi connectivity index (χ4n) is 3.18. The number of ether oxygens (including phenoxy) is 1. The molecule has 0 saturated carbocycles. The van der Waals surface area contributed by atoms with Crippen LogP contribution in [0.15, 0.2) is 18.2 Å². The quantitative estimate of drug-likeness (QED) is 0.808. The molecular weight excluding hydrogens is 272 g/mol. The van der Waals surface area contributed by atoms with Crippen molar-refractivity contribution in [1.82, 2.24) is 9.55 Å². The summed E-state index contributed by atoms with van der Waals surface area (Å²) in [6, 6.07) is 6.41. The molecule has 0 unspecified atom stereocenters. The molecule has 3 rings (SSSR count). The first-order valence-electron chi connectivity index (χ1n) is 7.27. The van der Waals surface area contributed by atoms with Crippen molar-refractivity contribution in [2.45, 2.75) is 38.6 Å². The molecule has 2 aromatic rings. The number of nitrogens with zero attached hydrogens (tertiary/aromatic N) is 2. The van der Waals surface area contributed by atoms with Crippen LogP contribution in [0.5, 0.6) is 0 Å². The zero-order valence-electron chi connectivity index (χ0n) is 12.2. The van der Waals surface area contributed by atoms with Gasteiger partial charge in [0.05, 0.1) is 11.0 Å². The van der Waals surface area contributed by atoms with Crippen LogP contribution >= 0.6 is 11.6 Å². The number of fused-ring (bicyclic) bond motifs is 1. The van der Waals surface area contributed by atoms with Gasteiger partial charge in [0, 0.05) is 31.1 Å². The molecule has 0 spiro atoms. The summed E-state index contributed by atoms with van der Waals surface area (Å²) >= 11 is 5.98. The third-order valence-electron chi connectivity index (χ3n) is 4.38. The Morgan fingerprint density at radius 2 is 2.10 bits per heavy atom. The number of rotatable bonds is 3. The minimum Gasteiger partial charge on any atom is -0.381 e. The van der Waals surface area contributed by atoms with E-state index in [4.69, 9.17) is 21.3 Å². The van der Waals surface area contributed by atoms with Gasteiger partial charge in [0.15, 0.2) is 0 Å². The molecule has 1 aromatic carbocycles. The average molecular weight is 293 g/mol. The molecule has 108 valence electrons. The predicted molar refractivity (Wildman–Crippen MR) is 82.6 cm³/mol. The molecule has 0 N–H and O–H groups in total. The van der Waals surface area contributed by atoms with E-state index in [9.17, 15) is 0 Å². The molecule has 2 heterocycles. The van der Waals surface area contributed by atoms with Crippen LogP contribution in [0.1, 0.15) is 31.2 Å². The summed E-state index contributed by atoms with van der Waals surface area (Å²) in [7, 11) is 0. The van der Waals surface area contributed by atoms with Crippen molar-refractivity contribution in [3.8, 4) is 0 Å². The van der Waals surface area contributed by atoms with Crippen molar-refractivity contribution in [3.63, 3.8) is 0 Å². The normalized spacial score (nSPS) is 18.6. The molecule has 4 heteroatoms. The Balaban J connectivity index is 2.20. The highest BCUT2D eigenvalue weighted by atomic mass is 35.5. The Kier molecular flexibility index (Phi) is 3.74. The number of alkyl halides is 1. The van der Waals surface area contributed by atoms with Crippen molar-refractivity contribution < 1.29 is 4.74 Å². The minimum absolute atomic E-state index is 0.0855. The summed E-state index contributed by atoms with van der Waals surface area (Å²) in [6.07, 6.45) is 2.87. The summed E-state index contributed by atoms with van der Waals surface area (Å²) in [6.45, 7) is 6.08. The zero-order valence-corrected chi connectivity index (χ0v) is 12.9. The van der Waals surface area contributed by atoms with E-state index < -0.39 is 0 Å². The Morgan fingerprint density at radius 1 is 1.35 bits per heavy atom. The summed E-state index contributed by atoms with van der Waals surface area (Å²) in [4.78, 5) is 4.86. The van der Waals surface area contributed by atoms with Gasteiger partial charge in [-0.2, -0.15) is 0 Å². The largest absolute Gasteiger partial charge is 0.381 e. The molecule has 1 fully saturated rings. The Hall–Kier alpha value is -1.06. The van der Waals surface area contributed by atoms with E-state index in [0.29, 0.717) is 5.88 Å². The monoisotopic (exact) mass is 292 g/mol. The molecule has 20 heavy (non-hydrogen) atoms. The van der Waals surface area contributed by atoms with Crippen LogP contribution in [0.25, 0.3) is 11.0 Å². The molecule has 0 bridgehead atoms. The number of hydrogen-bond donors (Lipinski definition) is 0. The summed E-state index contributed by atoms with van der Waals surface area (Å²) in [5, 5.41) is 0. The number of benzene rings is 1. The topological polar surface area (TPSA) is 27.1 Å². The highest BCUT2D eigenvalue weighted by Crippen LogP contribution is 2.34. The van der Waals surface area contributed by atoms with Gasteiger partial charge in [-0.3, -0.25) is 0 Å². The molecule has 0 aliphatic carbocycles. The first-order valence-corrected chi connectivity index (χ1v) is 7.80. The number of aryl methyl sites for hydroxylation is 2. The maximum atomic E-state index is 5.98. The van der Waals surface area contributed by atoms with E-state index in [1.165, 1.54) is 11.1 Å². The Morgan fingerprint density at radius 3 is 2.80 bits per heavy atom. The third kappa shape index (κ3) is 2.23. The van der Waals surface area contributed by atoms with Crippen molar-refractivity contribution in [3.05, 3.63) is 29.6 Å². The summed E-state index contributed by atoms with van der Waals surface area (Å²) in [5.74, 6) is 1.71. The molecule has 0 atom stereocenters. The smallest absolute Gasteiger partial charge is 0.111 e. The van der Waals surface area contributed by atoms with Gasteiger partial charge in [-0.05, 0) is 38.3 Å². The minimum atomic E-state index is 0.0855. The van der Waals surface area contributed by atoms with Gasteiger partial charge in [-0.1, -0.05) is 12.1 Å². The third-order valence-corrected chi connectivity index (χ3v) is 4.57. The van der Waals surface area contributed by atoms with Crippen LogP contribution in [-0.2, 0) is 16.7 Å². The molecule has 1 aliphatic rings. The number of halogens is 1. The zero-order chi connectivity index (χ0) is 14.2. The lowest BCUT2D eigenvalue weighted by atomic mass is 9.91. The van der Waals surface area contributed by atoms with Crippen LogP contribution in [-0.4, -0.2) is 28.6 Å². The van der Waals surface area contributed by atoms with Gasteiger partial charge in [0.1, 0.15) is 5.82 Å². The average Bonchev–Trinajstić information content (AvgIpc) is 2.80. The number of para-hydroxylation sites is 1.